The second kappa shape index (κ2) is 10.7. The smallest absolute Gasteiger partial charge is 0.255 e. The molecule has 0 spiro atoms. The molecule has 156 valence electrons. The molecule has 2 heterocycles. The summed E-state index contributed by atoms with van der Waals surface area (Å²) in [5.74, 6) is 0.957. The zero-order valence-corrected chi connectivity index (χ0v) is 17.6. The number of nitrogens with zero attached hydrogens (tertiary/aromatic N) is 2. The van der Waals surface area contributed by atoms with Crippen LogP contribution in [0.15, 0.2) is 46.8 Å². The number of guanidine groups is 1. The Balaban J connectivity index is 1.53. The molecule has 0 radical (unpaired) electrons. The maximum Gasteiger partial charge on any atom is 0.255 e. The van der Waals surface area contributed by atoms with Crippen molar-refractivity contribution in [2.24, 2.45) is 10.7 Å². The van der Waals surface area contributed by atoms with Gasteiger partial charge in [-0.2, -0.15) is 0 Å². The average Bonchev–Trinajstić information content (AvgIpc) is 3.26. The summed E-state index contributed by atoms with van der Waals surface area (Å²) in [7, 11) is 0. The molecule has 4 N–H and O–H groups in total. The van der Waals surface area contributed by atoms with Crippen LogP contribution in [0, 0.1) is 0 Å². The molecular weight excluding hydrogens is 386 g/mol. The molecule has 3 rings (SSSR count). The van der Waals surface area contributed by atoms with Gasteiger partial charge in [0.1, 0.15) is 5.75 Å². The third-order valence-corrected chi connectivity index (χ3v) is 5.63. The first-order chi connectivity index (χ1) is 14.1. The minimum absolute atomic E-state index is 0.124. The number of amides is 1. The fourth-order valence-electron chi connectivity index (χ4n) is 3.27. The van der Waals surface area contributed by atoms with Gasteiger partial charge >= 0.3 is 0 Å². The molecule has 0 atom stereocenters. The van der Waals surface area contributed by atoms with Gasteiger partial charge in [-0.3, -0.25) is 4.79 Å². The predicted octanol–water partition coefficient (Wildman–Crippen LogP) is 2.34. The fraction of sp³-hybridized carbons (Fsp3) is 0.429. The molecule has 0 unspecified atom stereocenters. The van der Waals surface area contributed by atoms with Gasteiger partial charge in [-0.15, -0.1) is 11.3 Å². The van der Waals surface area contributed by atoms with Gasteiger partial charge in [0.15, 0.2) is 12.6 Å². The topological polar surface area (TPSA) is 92.0 Å². The molecule has 0 saturated carbocycles. The van der Waals surface area contributed by atoms with Crippen molar-refractivity contribution in [1.82, 2.24) is 10.6 Å². The number of ether oxygens (including phenoxy) is 1. The van der Waals surface area contributed by atoms with E-state index >= 15 is 0 Å². The lowest BCUT2D eigenvalue weighted by Crippen LogP contribution is -2.48. The maximum absolute atomic E-state index is 10.9. The molecular formula is C21H29N5O2S. The van der Waals surface area contributed by atoms with Crippen molar-refractivity contribution in [3.05, 3.63) is 47.3 Å². The van der Waals surface area contributed by atoms with Crippen molar-refractivity contribution in [3.63, 3.8) is 0 Å². The van der Waals surface area contributed by atoms with Gasteiger partial charge in [0.2, 0.25) is 0 Å². The summed E-state index contributed by atoms with van der Waals surface area (Å²) >= 11 is 1.80. The Morgan fingerprint density at radius 1 is 1.31 bits per heavy atom. The van der Waals surface area contributed by atoms with Crippen LogP contribution >= 0.6 is 11.3 Å². The Kier molecular flexibility index (Phi) is 7.75. The van der Waals surface area contributed by atoms with Crippen molar-refractivity contribution in [3.8, 4) is 5.75 Å². The van der Waals surface area contributed by atoms with Crippen LogP contribution in [0.3, 0.4) is 0 Å². The normalized spacial score (nSPS) is 15.2. The Bertz CT molecular complexity index is 801. The van der Waals surface area contributed by atoms with Crippen molar-refractivity contribution in [2.45, 2.75) is 32.4 Å². The third-order valence-electron chi connectivity index (χ3n) is 4.70. The van der Waals surface area contributed by atoms with E-state index in [1.54, 1.807) is 17.4 Å². The van der Waals surface area contributed by atoms with Crippen LogP contribution in [0.4, 0.5) is 5.00 Å². The van der Waals surface area contributed by atoms with E-state index in [-0.39, 0.29) is 6.61 Å². The van der Waals surface area contributed by atoms with Crippen LogP contribution < -0.4 is 26.0 Å². The number of carbonyl (C=O) groups is 1. The first kappa shape index (κ1) is 21.0. The fourth-order valence-corrected chi connectivity index (χ4v) is 4.05. The first-order valence-electron chi connectivity index (χ1n) is 9.97. The van der Waals surface area contributed by atoms with Gasteiger partial charge in [0.05, 0.1) is 11.5 Å². The number of thiophene rings is 1. The van der Waals surface area contributed by atoms with Crippen molar-refractivity contribution in [1.29, 1.82) is 0 Å². The molecule has 8 heteroatoms. The quantitative estimate of drug-likeness (QED) is 0.455. The lowest BCUT2D eigenvalue weighted by molar-refractivity contribution is -0.119. The zero-order valence-electron chi connectivity index (χ0n) is 16.8. The molecule has 1 fully saturated rings. The molecule has 7 nitrogen and oxygen atoms in total. The maximum atomic E-state index is 10.9. The van der Waals surface area contributed by atoms with Crippen LogP contribution in [0.1, 0.15) is 25.3 Å². The van der Waals surface area contributed by atoms with E-state index in [0.29, 0.717) is 18.3 Å². The molecule has 1 aliphatic heterocycles. The second-order valence-electron chi connectivity index (χ2n) is 6.95. The predicted molar refractivity (Wildman–Crippen MR) is 119 cm³/mol. The number of nitrogens with one attached hydrogen (secondary N) is 2. The highest BCUT2D eigenvalue weighted by molar-refractivity contribution is 7.14. The Labute approximate surface area is 176 Å². The van der Waals surface area contributed by atoms with E-state index in [1.807, 2.05) is 18.2 Å². The van der Waals surface area contributed by atoms with Crippen LogP contribution in [0.2, 0.25) is 0 Å². The van der Waals surface area contributed by atoms with Crippen molar-refractivity contribution < 1.29 is 9.53 Å². The Hall–Kier alpha value is -2.74. The lowest BCUT2D eigenvalue weighted by atomic mass is 10.1. The molecule has 1 aliphatic rings. The monoisotopic (exact) mass is 415 g/mol. The van der Waals surface area contributed by atoms with Gasteiger partial charge in [-0.25, -0.2) is 4.99 Å². The number of primary amides is 1. The van der Waals surface area contributed by atoms with E-state index in [9.17, 15) is 4.79 Å². The summed E-state index contributed by atoms with van der Waals surface area (Å²) in [6.45, 7) is 5.38. The van der Waals surface area contributed by atoms with E-state index < -0.39 is 5.91 Å². The number of carbonyl (C=O) groups excluding carboxylic acids is 1. The van der Waals surface area contributed by atoms with E-state index in [4.69, 9.17) is 15.5 Å². The summed E-state index contributed by atoms with van der Waals surface area (Å²) in [5.41, 5.74) is 6.14. The standard InChI is InChI=1S/C21H29N5O2S/c1-2-23-21(24-14-16-5-3-6-18(13-16)28-15-19(22)27)25-17-8-10-26(11-9-17)20-7-4-12-29-20/h3-7,12-13,17H,2,8-11,14-15H2,1H3,(H2,22,27)(H2,23,24,25). The molecule has 1 aromatic carbocycles. The number of piperidine rings is 1. The van der Waals surface area contributed by atoms with E-state index in [0.717, 1.165) is 44.0 Å². The van der Waals surface area contributed by atoms with Gasteiger partial charge in [-0.1, -0.05) is 12.1 Å². The molecule has 2 aromatic rings. The highest BCUT2D eigenvalue weighted by atomic mass is 32.1. The average molecular weight is 416 g/mol. The molecule has 1 amide bonds. The number of benzene rings is 1. The molecule has 29 heavy (non-hydrogen) atoms. The number of nitrogens with two attached hydrogens (primary N) is 1. The molecule has 0 aliphatic carbocycles. The van der Waals surface area contributed by atoms with Crippen LogP contribution in [0.25, 0.3) is 0 Å². The summed E-state index contributed by atoms with van der Waals surface area (Å²) < 4.78 is 5.37. The van der Waals surface area contributed by atoms with E-state index in [1.165, 1.54) is 5.00 Å². The van der Waals surface area contributed by atoms with Crippen molar-refractivity contribution >= 4 is 28.2 Å². The third kappa shape index (κ3) is 6.67. The number of hydrogen-bond donors (Lipinski definition) is 3. The van der Waals surface area contributed by atoms with Gasteiger partial charge in [0.25, 0.3) is 5.91 Å². The lowest BCUT2D eigenvalue weighted by Gasteiger charge is -2.33. The van der Waals surface area contributed by atoms with Gasteiger partial charge in [0, 0.05) is 25.7 Å². The summed E-state index contributed by atoms with van der Waals surface area (Å²) in [6, 6.07) is 12.3. The first-order valence-corrected chi connectivity index (χ1v) is 10.9. The zero-order chi connectivity index (χ0) is 20.5. The minimum Gasteiger partial charge on any atom is -0.484 e. The number of anilines is 1. The second-order valence-corrected chi connectivity index (χ2v) is 7.88. The number of aliphatic imine (C=N–C) groups is 1. The minimum atomic E-state index is -0.489. The van der Waals surface area contributed by atoms with Crippen LogP contribution in [-0.4, -0.2) is 44.1 Å². The Morgan fingerprint density at radius 2 is 2.14 bits per heavy atom. The Morgan fingerprint density at radius 3 is 2.83 bits per heavy atom. The number of hydrogen-bond acceptors (Lipinski definition) is 5. The van der Waals surface area contributed by atoms with Gasteiger partial charge in [-0.05, 0) is 55.0 Å². The summed E-state index contributed by atoms with van der Waals surface area (Å²) in [4.78, 5) is 18.0. The van der Waals surface area contributed by atoms with Crippen molar-refractivity contribution in [2.75, 3.05) is 31.1 Å². The molecule has 1 aromatic heterocycles. The SMILES string of the molecule is CCNC(=NCc1cccc(OCC(N)=O)c1)NC1CCN(c2cccs2)CC1. The highest BCUT2D eigenvalue weighted by Crippen LogP contribution is 2.24. The largest absolute Gasteiger partial charge is 0.484 e. The van der Waals surface area contributed by atoms with Gasteiger partial charge < -0.3 is 26.0 Å². The summed E-state index contributed by atoms with van der Waals surface area (Å²) in [5, 5.41) is 10.4. The van der Waals surface area contributed by atoms with Crippen LogP contribution in [0.5, 0.6) is 5.75 Å². The van der Waals surface area contributed by atoms with E-state index in [2.05, 4.69) is 40.0 Å². The molecule has 0 bridgehead atoms. The number of rotatable bonds is 8. The molecule has 1 saturated heterocycles. The summed E-state index contributed by atoms with van der Waals surface area (Å²) in [6.07, 6.45) is 2.16. The van der Waals surface area contributed by atoms with Crippen LogP contribution in [-0.2, 0) is 11.3 Å². The highest BCUT2D eigenvalue weighted by Gasteiger charge is 2.20.